The van der Waals surface area contributed by atoms with Crippen LogP contribution in [0.15, 0.2) is 36.4 Å². The van der Waals surface area contributed by atoms with Gasteiger partial charge in [-0.15, -0.1) is 0 Å². The van der Waals surface area contributed by atoms with Gasteiger partial charge in [0.2, 0.25) is 10.0 Å². The summed E-state index contributed by atoms with van der Waals surface area (Å²) in [6, 6.07) is 3.08. The van der Waals surface area contributed by atoms with E-state index in [9.17, 15) is 31.5 Å². The van der Waals surface area contributed by atoms with Gasteiger partial charge in [-0.05, 0) is 48.9 Å². The zero-order valence-corrected chi connectivity index (χ0v) is 18.8. The molecular weight excluding hydrogens is 476 g/mol. The summed E-state index contributed by atoms with van der Waals surface area (Å²) in [5.41, 5.74) is -0.268. The number of nitrogens with one attached hydrogen (secondary N) is 1. The number of nitrogens with zero attached hydrogens (tertiary/aromatic N) is 1. The molecule has 2 aromatic carbocycles. The first-order valence-electron chi connectivity index (χ1n) is 11.6. The van der Waals surface area contributed by atoms with Crippen molar-refractivity contribution in [2.45, 2.75) is 43.9 Å². The summed E-state index contributed by atoms with van der Waals surface area (Å²) in [6.07, 6.45) is -4.44. The van der Waals surface area contributed by atoms with Crippen molar-refractivity contribution in [2.75, 3.05) is 12.4 Å². The average Bonchev–Trinajstić information content (AvgIpc) is 3.20. The highest BCUT2D eigenvalue weighted by molar-refractivity contribution is 7.89. The van der Waals surface area contributed by atoms with Crippen LogP contribution in [0.3, 0.4) is 0 Å². The van der Waals surface area contributed by atoms with Crippen molar-refractivity contribution in [1.29, 1.82) is 0 Å². The number of aliphatic hydroxyl groups excluding tert-OH is 1. The molecule has 1 saturated heterocycles. The van der Waals surface area contributed by atoms with Crippen LogP contribution in [0.1, 0.15) is 21.6 Å². The van der Waals surface area contributed by atoms with E-state index < -0.39 is 76.6 Å². The lowest BCUT2D eigenvalue weighted by Gasteiger charge is -2.33. The van der Waals surface area contributed by atoms with Crippen LogP contribution in [-0.4, -0.2) is 61.0 Å². The number of fused-ring (bicyclic) bond motifs is 1. The Labute approximate surface area is 197 Å². The Balaban J connectivity index is 1.76. The summed E-state index contributed by atoms with van der Waals surface area (Å²) < 4.78 is 99.7. The second kappa shape index (κ2) is 9.27. The molecule has 0 bridgehead atoms. The number of carbonyl (C=O) groups excluding carboxylic acids is 1. The highest BCUT2D eigenvalue weighted by atomic mass is 32.2. The van der Waals surface area contributed by atoms with E-state index in [1.807, 2.05) is 0 Å². The fourth-order valence-corrected chi connectivity index (χ4v) is 5.30. The van der Waals surface area contributed by atoms with Crippen molar-refractivity contribution in [1.82, 2.24) is 9.62 Å². The molecule has 6 nitrogen and oxygen atoms in total. The number of amides is 1. The third-order valence-electron chi connectivity index (χ3n) is 6.12. The van der Waals surface area contributed by atoms with Crippen LogP contribution in [0.25, 0.3) is 11.1 Å². The highest BCUT2D eigenvalue weighted by Crippen LogP contribution is 2.49. The molecule has 34 heavy (non-hydrogen) atoms. The number of rotatable bonds is 8. The van der Waals surface area contributed by atoms with Gasteiger partial charge >= 0.3 is 0 Å². The number of alkyl halides is 1. The fraction of sp³-hybridized carbons (Fsp3) is 0.435. The Morgan fingerprint density at radius 1 is 1.26 bits per heavy atom. The zero-order valence-electron chi connectivity index (χ0n) is 20.0. The van der Waals surface area contributed by atoms with Crippen LogP contribution in [0.5, 0.6) is 0 Å². The molecule has 2 aliphatic rings. The van der Waals surface area contributed by atoms with E-state index in [0.29, 0.717) is 6.07 Å². The average molecular weight is 503 g/mol. The monoisotopic (exact) mass is 502 g/mol. The molecule has 0 spiro atoms. The van der Waals surface area contributed by atoms with E-state index in [1.54, 1.807) is 0 Å². The van der Waals surface area contributed by atoms with Crippen LogP contribution < -0.4 is 4.72 Å². The van der Waals surface area contributed by atoms with Gasteiger partial charge in [0.25, 0.3) is 5.91 Å². The number of likely N-dealkylation sites (tertiary alicyclic amines) is 1. The molecule has 0 aromatic heterocycles. The number of piperidine rings is 1. The molecule has 184 valence electrons. The van der Waals surface area contributed by atoms with Crippen molar-refractivity contribution in [3.05, 3.63) is 59.4 Å². The summed E-state index contributed by atoms with van der Waals surface area (Å²) in [4.78, 5) is 13.8. The van der Waals surface area contributed by atoms with Gasteiger partial charge in [0.05, 0.1) is 11.8 Å². The first-order chi connectivity index (χ1) is 16.8. The van der Waals surface area contributed by atoms with E-state index in [4.69, 9.17) is 2.74 Å². The largest absolute Gasteiger partial charge is 0.381 e. The topological polar surface area (TPSA) is 86.7 Å². The van der Waals surface area contributed by atoms with Crippen LogP contribution in [-0.2, 0) is 21.2 Å². The molecule has 2 fully saturated rings. The molecule has 1 amide bonds. The maximum absolute atomic E-state index is 15.5. The minimum Gasteiger partial charge on any atom is -0.381 e. The fourth-order valence-electron chi connectivity index (χ4n) is 4.42. The van der Waals surface area contributed by atoms with Crippen LogP contribution in [0.2, 0.25) is 0 Å². The Morgan fingerprint density at radius 2 is 1.94 bits per heavy atom. The Hall–Kier alpha value is -2.50. The van der Waals surface area contributed by atoms with Gasteiger partial charge in [-0.3, -0.25) is 4.79 Å². The molecule has 1 aliphatic heterocycles. The number of aliphatic hydroxyl groups is 1. The highest BCUT2D eigenvalue weighted by Gasteiger charge is 2.61. The van der Waals surface area contributed by atoms with Crippen LogP contribution in [0, 0.1) is 23.4 Å². The maximum atomic E-state index is 15.5. The first-order valence-corrected chi connectivity index (χ1v) is 12.3. The molecule has 0 radical (unpaired) electrons. The van der Waals surface area contributed by atoms with Gasteiger partial charge < -0.3 is 10.0 Å². The van der Waals surface area contributed by atoms with Gasteiger partial charge in [0, 0.05) is 26.5 Å². The molecule has 2 N–H and O–H groups in total. The van der Waals surface area contributed by atoms with Gasteiger partial charge in [-0.2, -0.15) is 0 Å². The van der Waals surface area contributed by atoms with Crippen molar-refractivity contribution in [2.24, 2.45) is 5.92 Å². The molecule has 5 atom stereocenters. The minimum absolute atomic E-state index is 0.0442. The number of carbonyl (C=O) groups is 1. The number of hydrogen-bond donors (Lipinski definition) is 2. The summed E-state index contributed by atoms with van der Waals surface area (Å²) in [5.74, 6) is -5.18. The molecule has 4 rings (SSSR count). The van der Waals surface area contributed by atoms with Crippen molar-refractivity contribution < 1.29 is 38.6 Å². The summed E-state index contributed by atoms with van der Waals surface area (Å²) in [5, 5.41) is 9.87. The first kappa shape index (κ1) is 22.0. The van der Waals surface area contributed by atoms with Crippen molar-refractivity contribution in [3.8, 4) is 11.1 Å². The normalized spacial score (nSPS) is 27.1. The standard InChI is InChI=1S/C23H24F4N2O4S/c1-2-34(32,33)28-22-17-10-18(17)29(23(31)20(30)11-24)19(22)8-12-4-3-5-16(21(12)27)13-6-14(25)9-15(26)7-13/h3-7,9,17-20,22,28,30H,2,8,10-11H2,1H3/t17-,18+,19+,20-,22+/m1/s1/i10D2. The molecule has 1 saturated carbocycles. The van der Waals surface area contributed by atoms with E-state index >= 15 is 4.39 Å². The quantitative estimate of drug-likeness (QED) is 0.544. The Bertz CT molecular complexity index is 1280. The number of benzene rings is 2. The smallest absolute Gasteiger partial charge is 0.254 e. The molecular formula is C23H24F4N2O4S. The lowest BCUT2D eigenvalue weighted by molar-refractivity contribution is -0.143. The predicted octanol–water partition coefficient (Wildman–Crippen LogP) is 2.55. The predicted molar refractivity (Wildman–Crippen MR) is 116 cm³/mol. The molecule has 1 heterocycles. The van der Waals surface area contributed by atoms with Gasteiger partial charge in [-0.1, -0.05) is 18.2 Å². The van der Waals surface area contributed by atoms with Gasteiger partial charge in [0.15, 0.2) is 6.10 Å². The van der Waals surface area contributed by atoms with Gasteiger partial charge in [0.1, 0.15) is 24.1 Å². The second-order valence-electron chi connectivity index (χ2n) is 8.31. The van der Waals surface area contributed by atoms with Crippen molar-refractivity contribution in [3.63, 3.8) is 0 Å². The molecule has 1 aliphatic carbocycles. The van der Waals surface area contributed by atoms with Gasteiger partial charge in [-0.25, -0.2) is 30.7 Å². The number of hydrogen-bond acceptors (Lipinski definition) is 4. The summed E-state index contributed by atoms with van der Waals surface area (Å²) >= 11 is 0. The SMILES string of the molecule is [2H]C1([2H])[C@H]2[C@H](NS(=O)(=O)CC)[C@H](Cc3cccc(-c4cc(F)cc(F)c4)c3F)N(C(=O)[C@H](O)CF)[C@H]21. The molecule has 0 unspecified atom stereocenters. The third-order valence-corrected chi connectivity index (χ3v) is 7.51. The number of halogens is 4. The molecule has 11 heteroatoms. The minimum atomic E-state index is -3.90. The van der Waals surface area contributed by atoms with E-state index in [1.165, 1.54) is 25.1 Å². The van der Waals surface area contributed by atoms with Crippen LogP contribution >= 0.6 is 0 Å². The van der Waals surface area contributed by atoms with E-state index in [-0.39, 0.29) is 28.9 Å². The molecule has 2 aromatic rings. The van der Waals surface area contributed by atoms with E-state index in [2.05, 4.69) is 4.72 Å². The third kappa shape index (κ3) is 4.69. The van der Waals surface area contributed by atoms with E-state index in [0.717, 1.165) is 17.0 Å². The Morgan fingerprint density at radius 3 is 2.56 bits per heavy atom. The van der Waals surface area contributed by atoms with Crippen molar-refractivity contribution >= 4 is 15.9 Å². The lowest BCUT2D eigenvalue weighted by Crippen LogP contribution is -2.53. The second-order valence-corrected chi connectivity index (χ2v) is 10.4. The summed E-state index contributed by atoms with van der Waals surface area (Å²) in [6.45, 7) is -0.0782. The summed E-state index contributed by atoms with van der Waals surface area (Å²) in [7, 11) is -3.90. The maximum Gasteiger partial charge on any atom is 0.254 e. The van der Waals surface area contributed by atoms with Crippen LogP contribution in [0.4, 0.5) is 17.6 Å². The zero-order chi connectivity index (χ0) is 26.6. The number of sulfonamides is 1. The lowest BCUT2D eigenvalue weighted by atomic mass is 9.94. The Kier molecular flexibility index (Phi) is 6.00.